The highest BCUT2D eigenvalue weighted by Crippen LogP contribution is 2.26. The number of rotatable bonds is 3. The lowest BCUT2D eigenvalue weighted by molar-refractivity contribution is 0.0586. The first kappa shape index (κ1) is 15.5. The third-order valence-electron chi connectivity index (χ3n) is 3.23. The Morgan fingerprint density at radius 1 is 0.727 bits per heavy atom. The molecular weight excluding hydrogens is 288 g/mol. The molecule has 2 aromatic rings. The summed E-state index contributed by atoms with van der Waals surface area (Å²) in [6, 6.07) is 7.70. The fraction of sp³-hybridized carbons (Fsp3) is 0.188. The standard InChI is InChI=1S/C16H14O6/c1-20-14(17)9-7-12-10(13(8-9)16(19)22-3)5-4-6-11(12)15(18)21-2/h4-8H,1-3H3. The Morgan fingerprint density at radius 3 is 1.91 bits per heavy atom. The molecule has 0 unspecified atom stereocenters. The van der Waals surface area contributed by atoms with E-state index in [1.54, 1.807) is 18.2 Å². The summed E-state index contributed by atoms with van der Waals surface area (Å²) in [5.41, 5.74) is 0.564. The van der Waals surface area contributed by atoms with Crippen LogP contribution in [-0.2, 0) is 14.2 Å². The molecular formula is C16H14O6. The van der Waals surface area contributed by atoms with Crippen LogP contribution in [0.3, 0.4) is 0 Å². The average molecular weight is 302 g/mol. The van der Waals surface area contributed by atoms with Crippen LogP contribution in [-0.4, -0.2) is 39.2 Å². The van der Waals surface area contributed by atoms with Gasteiger partial charge in [-0.15, -0.1) is 0 Å². The first-order valence-electron chi connectivity index (χ1n) is 6.35. The van der Waals surface area contributed by atoms with E-state index in [1.165, 1.54) is 33.5 Å². The first-order valence-corrected chi connectivity index (χ1v) is 6.35. The predicted octanol–water partition coefficient (Wildman–Crippen LogP) is 2.20. The predicted molar refractivity (Wildman–Crippen MR) is 78.0 cm³/mol. The minimum atomic E-state index is -0.619. The van der Waals surface area contributed by atoms with Crippen molar-refractivity contribution in [3.8, 4) is 0 Å². The molecule has 0 atom stereocenters. The van der Waals surface area contributed by atoms with E-state index in [1.807, 2.05) is 0 Å². The average Bonchev–Trinajstić information content (AvgIpc) is 2.57. The molecule has 2 aromatic carbocycles. The summed E-state index contributed by atoms with van der Waals surface area (Å²) in [4.78, 5) is 35.6. The molecule has 6 heteroatoms. The van der Waals surface area contributed by atoms with Gasteiger partial charge in [-0.25, -0.2) is 14.4 Å². The van der Waals surface area contributed by atoms with Crippen LogP contribution in [0.15, 0.2) is 30.3 Å². The summed E-state index contributed by atoms with van der Waals surface area (Å²) in [5, 5.41) is 0.903. The maximum Gasteiger partial charge on any atom is 0.338 e. The Morgan fingerprint density at radius 2 is 1.32 bits per heavy atom. The van der Waals surface area contributed by atoms with Crippen molar-refractivity contribution in [1.82, 2.24) is 0 Å². The number of benzene rings is 2. The largest absolute Gasteiger partial charge is 0.465 e. The van der Waals surface area contributed by atoms with Crippen LogP contribution in [0.2, 0.25) is 0 Å². The van der Waals surface area contributed by atoms with Crippen molar-refractivity contribution in [3.05, 3.63) is 47.0 Å². The van der Waals surface area contributed by atoms with Crippen molar-refractivity contribution in [1.29, 1.82) is 0 Å². The number of fused-ring (bicyclic) bond motifs is 1. The highest BCUT2D eigenvalue weighted by Gasteiger charge is 2.19. The van der Waals surface area contributed by atoms with Gasteiger partial charge in [-0.3, -0.25) is 0 Å². The summed E-state index contributed by atoms with van der Waals surface area (Å²) < 4.78 is 14.1. The third kappa shape index (κ3) is 2.63. The van der Waals surface area contributed by atoms with Crippen LogP contribution < -0.4 is 0 Å². The number of hydrogen-bond donors (Lipinski definition) is 0. The van der Waals surface area contributed by atoms with E-state index in [0.29, 0.717) is 10.8 Å². The molecule has 0 radical (unpaired) electrons. The Hall–Kier alpha value is -2.89. The SMILES string of the molecule is COC(=O)c1cc(C(=O)OC)c2cccc(C(=O)OC)c2c1. The maximum absolute atomic E-state index is 12.0. The number of methoxy groups -OCH3 is 3. The van der Waals surface area contributed by atoms with Gasteiger partial charge in [0.2, 0.25) is 0 Å². The van der Waals surface area contributed by atoms with Crippen LogP contribution in [0.25, 0.3) is 10.8 Å². The number of carbonyl (C=O) groups is 3. The quantitative estimate of drug-likeness (QED) is 0.639. The van der Waals surface area contributed by atoms with Crippen LogP contribution in [0, 0.1) is 0 Å². The number of carbonyl (C=O) groups excluding carboxylic acids is 3. The van der Waals surface area contributed by atoms with E-state index >= 15 is 0 Å². The molecule has 0 aliphatic heterocycles. The zero-order valence-electron chi connectivity index (χ0n) is 12.3. The molecule has 0 saturated heterocycles. The molecule has 22 heavy (non-hydrogen) atoms. The molecule has 2 rings (SSSR count). The van der Waals surface area contributed by atoms with E-state index in [9.17, 15) is 14.4 Å². The van der Waals surface area contributed by atoms with Crippen LogP contribution in [0.4, 0.5) is 0 Å². The maximum atomic E-state index is 12.0. The molecule has 0 bridgehead atoms. The second-order valence-electron chi connectivity index (χ2n) is 4.40. The summed E-state index contributed by atoms with van der Waals surface area (Å²) >= 11 is 0. The van der Waals surface area contributed by atoms with E-state index < -0.39 is 17.9 Å². The summed E-state index contributed by atoms with van der Waals surface area (Å²) in [6.07, 6.45) is 0. The van der Waals surface area contributed by atoms with Gasteiger partial charge in [-0.2, -0.15) is 0 Å². The summed E-state index contributed by atoms with van der Waals surface area (Å²) in [6.45, 7) is 0. The zero-order chi connectivity index (χ0) is 16.3. The van der Waals surface area contributed by atoms with Crippen LogP contribution >= 0.6 is 0 Å². The van der Waals surface area contributed by atoms with Gasteiger partial charge in [0.05, 0.1) is 38.0 Å². The molecule has 6 nitrogen and oxygen atoms in total. The smallest absolute Gasteiger partial charge is 0.338 e. The Labute approximate surface area is 126 Å². The van der Waals surface area contributed by atoms with Crippen LogP contribution in [0.1, 0.15) is 31.1 Å². The molecule has 0 fully saturated rings. The minimum Gasteiger partial charge on any atom is -0.465 e. The zero-order valence-corrected chi connectivity index (χ0v) is 12.3. The molecule has 114 valence electrons. The van der Waals surface area contributed by atoms with Gasteiger partial charge in [-0.1, -0.05) is 12.1 Å². The van der Waals surface area contributed by atoms with Gasteiger partial charge in [0, 0.05) is 0 Å². The number of hydrogen-bond acceptors (Lipinski definition) is 6. The van der Waals surface area contributed by atoms with Crippen molar-refractivity contribution < 1.29 is 28.6 Å². The van der Waals surface area contributed by atoms with Gasteiger partial charge in [0.25, 0.3) is 0 Å². The lowest BCUT2D eigenvalue weighted by Gasteiger charge is -2.10. The number of esters is 3. The molecule has 0 saturated carbocycles. The van der Waals surface area contributed by atoms with E-state index in [2.05, 4.69) is 4.74 Å². The molecule has 0 heterocycles. The molecule has 0 amide bonds. The van der Waals surface area contributed by atoms with E-state index in [0.717, 1.165) is 0 Å². The molecule has 0 spiro atoms. The second-order valence-corrected chi connectivity index (χ2v) is 4.40. The lowest BCUT2D eigenvalue weighted by atomic mass is 9.97. The molecule has 0 aliphatic carbocycles. The summed E-state index contributed by atoms with van der Waals surface area (Å²) in [5.74, 6) is -1.80. The van der Waals surface area contributed by atoms with Gasteiger partial charge in [-0.05, 0) is 29.0 Å². The normalized spacial score (nSPS) is 10.1. The first-order chi connectivity index (χ1) is 10.5. The van der Waals surface area contributed by atoms with Crippen molar-refractivity contribution in [2.24, 2.45) is 0 Å². The second kappa shape index (κ2) is 6.26. The summed E-state index contributed by atoms with van der Waals surface area (Å²) in [7, 11) is 3.73. The molecule has 0 N–H and O–H groups in total. The fourth-order valence-electron chi connectivity index (χ4n) is 2.19. The van der Waals surface area contributed by atoms with Gasteiger partial charge >= 0.3 is 17.9 Å². The van der Waals surface area contributed by atoms with Gasteiger partial charge in [0.15, 0.2) is 0 Å². The third-order valence-corrected chi connectivity index (χ3v) is 3.23. The van der Waals surface area contributed by atoms with E-state index in [4.69, 9.17) is 9.47 Å². The van der Waals surface area contributed by atoms with Crippen molar-refractivity contribution in [2.45, 2.75) is 0 Å². The lowest BCUT2D eigenvalue weighted by Crippen LogP contribution is -2.09. The highest BCUT2D eigenvalue weighted by molar-refractivity contribution is 6.13. The van der Waals surface area contributed by atoms with Crippen LogP contribution in [0.5, 0.6) is 0 Å². The minimum absolute atomic E-state index is 0.145. The molecule has 0 aromatic heterocycles. The topological polar surface area (TPSA) is 78.9 Å². The van der Waals surface area contributed by atoms with Crippen molar-refractivity contribution in [2.75, 3.05) is 21.3 Å². The number of ether oxygens (including phenoxy) is 3. The van der Waals surface area contributed by atoms with Gasteiger partial charge < -0.3 is 14.2 Å². The van der Waals surface area contributed by atoms with Gasteiger partial charge in [0.1, 0.15) is 0 Å². The Balaban J connectivity index is 2.85. The monoisotopic (exact) mass is 302 g/mol. The Kier molecular flexibility index (Phi) is 4.41. The van der Waals surface area contributed by atoms with Crippen molar-refractivity contribution in [3.63, 3.8) is 0 Å². The Bertz CT molecular complexity index is 763. The highest BCUT2D eigenvalue weighted by atomic mass is 16.5. The van der Waals surface area contributed by atoms with E-state index in [-0.39, 0.29) is 16.7 Å². The fourth-order valence-corrected chi connectivity index (χ4v) is 2.19. The van der Waals surface area contributed by atoms with Crippen molar-refractivity contribution >= 4 is 28.7 Å². The molecule has 0 aliphatic rings.